The molecule has 4 heteroatoms. The SMILES string of the molecule is C=CCN(C=N)c1ccc(-c2cnc[nH]2)cc1. The summed E-state index contributed by atoms with van der Waals surface area (Å²) in [6, 6.07) is 7.96. The molecule has 1 heterocycles. The molecule has 2 rings (SSSR count). The fourth-order valence-corrected chi connectivity index (χ4v) is 1.62. The van der Waals surface area contributed by atoms with E-state index in [1.54, 1.807) is 18.6 Å². The zero-order valence-corrected chi connectivity index (χ0v) is 9.43. The molecule has 0 atom stereocenters. The maximum absolute atomic E-state index is 7.33. The van der Waals surface area contributed by atoms with Crippen molar-refractivity contribution >= 4 is 12.0 Å². The number of H-pyrrole nitrogens is 1. The van der Waals surface area contributed by atoms with E-state index in [4.69, 9.17) is 5.41 Å². The Labute approximate surface area is 100 Å². The van der Waals surface area contributed by atoms with Crippen LogP contribution in [0.5, 0.6) is 0 Å². The van der Waals surface area contributed by atoms with Crippen LogP contribution in [0, 0.1) is 5.41 Å². The molecule has 0 bridgehead atoms. The first-order valence-corrected chi connectivity index (χ1v) is 5.32. The zero-order valence-electron chi connectivity index (χ0n) is 9.43. The van der Waals surface area contributed by atoms with E-state index in [0.717, 1.165) is 16.9 Å². The van der Waals surface area contributed by atoms with Gasteiger partial charge in [0.2, 0.25) is 0 Å². The van der Waals surface area contributed by atoms with Crippen LogP contribution in [-0.2, 0) is 0 Å². The van der Waals surface area contributed by atoms with Gasteiger partial charge in [-0.05, 0) is 17.7 Å². The van der Waals surface area contributed by atoms with Crippen molar-refractivity contribution in [1.82, 2.24) is 9.97 Å². The summed E-state index contributed by atoms with van der Waals surface area (Å²) in [5.41, 5.74) is 3.04. The van der Waals surface area contributed by atoms with Gasteiger partial charge in [-0.25, -0.2) is 4.98 Å². The second kappa shape index (κ2) is 5.12. The molecule has 0 aliphatic heterocycles. The Morgan fingerprint density at radius 2 is 2.12 bits per heavy atom. The van der Waals surface area contributed by atoms with E-state index < -0.39 is 0 Å². The van der Waals surface area contributed by atoms with Gasteiger partial charge >= 0.3 is 0 Å². The van der Waals surface area contributed by atoms with Crippen molar-refractivity contribution in [3.8, 4) is 11.3 Å². The number of anilines is 1. The van der Waals surface area contributed by atoms with Crippen LogP contribution in [0.2, 0.25) is 0 Å². The van der Waals surface area contributed by atoms with Crippen molar-refractivity contribution in [3.63, 3.8) is 0 Å². The Morgan fingerprint density at radius 1 is 1.35 bits per heavy atom. The van der Waals surface area contributed by atoms with Crippen molar-refractivity contribution < 1.29 is 0 Å². The molecule has 4 nitrogen and oxygen atoms in total. The Kier molecular flexibility index (Phi) is 3.35. The van der Waals surface area contributed by atoms with Gasteiger partial charge < -0.3 is 9.88 Å². The van der Waals surface area contributed by atoms with Crippen molar-refractivity contribution in [2.24, 2.45) is 0 Å². The van der Waals surface area contributed by atoms with Gasteiger partial charge in [0.25, 0.3) is 0 Å². The minimum absolute atomic E-state index is 0.632. The van der Waals surface area contributed by atoms with Crippen LogP contribution in [0.1, 0.15) is 0 Å². The fraction of sp³-hybridized carbons (Fsp3) is 0.0769. The Morgan fingerprint density at radius 3 is 2.65 bits per heavy atom. The molecule has 17 heavy (non-hydrogen) atoms. The molecular weight excluding hydrogens is 212 g/mol. The van der Waals surface area contributed by atoms with E-state index >= 15 is 0 Å². The van der Waals surface area contributed by atoms with Crippen molar-refractivity contribution in [2.75, 3.05) is 11.4 Å². The average Bonchev–Trinajstić information content (AvgIpc) is 2.90. The molecule has 0 spiro atoms. The minimum Gasteiger partial charge on any atom is -0.345 e. The van der Waals surface area contributed by atoms with Crippen LogP contribution in [0.15, 0.2) is 49.4 Å². The molecule has 0 amide bonds. The summed E-state index contributed by atoms with van der Waals surface area (Å²) in [7, 11) is 0. The maximum atomic E-state index is 7.33. The predicted molar refractivity (Wildman–Crippen MR) is 70.4 cm³/mol. The molecule has 0 saturated heterocycles. The molecule has 0 saturated carbocycles. The lowest BCUT2D eigenvalue weighted by molar-refractivity contribution is 1.15. The van der Waals surface area contributed by atoms with Crippen molar-refractivity contribution in [2.45, 2.75) is 0 Å². The Bertz CT molecular complexity index is 485. The molecule has 1 aromatic carbocycles. The number of aromatic nitrogens is 2. The number of nitrogens with one attached hydrogen (secondary N) is 2. The molecule has 1 aromatic heterocycles. The number of imidazole rings is 1. The second-order valence-electron chi connectivity index (χ2n) is 3.58. The van der Waals surface area contributed by atoms with Crippen LogP contribution >= 0.6 is 0 Å². The Hall–Kier alpha value is -2.36. The van der Waals surface area contributed by atoms with Crippen LogP contribution in [0.4, 0.5) is 5.69 Å². The third-order valence-electron chi connectivity index (χ3n) is 2.49. The molecule has 0 aliphatic rings. The minimum atomic E-state index is 0.632. The fourth-order valence-electron chi connectivity index (χ4n) is 1.62. The first-order chi connectivity index (χ1) is 8.35. The van der Waals surface area contributed by atoms with Gasteiger partial charge in [0, 0.05) is 12.2 Å². The van der Waals surface area contributed by atoms with Gasteiger partial charge in [0.1, 0.15) is 0 Å². The number of nitrogens with zero attached hydrogens (tertiary/aromatic N) is 2. The van der Waals surface area contributed by atoms with Gasteiger partial charge in [-0.1, -0.05) is 18.2 Å². The van der Waals surface area contributed by atoms with E-state index in [1.165, 1.54) is 6.34 Å². The van der Waals surface area contributed by atoms with E-state index in [-0.39, 0.29) is 0 Å². The summed E-state index contributed by atoms with van der Waals surface area (Å²) in [5, 5.41) is 7.33. The highest BCUT2D eigenvalue weighted by Gasteiger charge is 2.02. The molecule has 2 aromatic rings. The normalized spacial score (nSPS) is 9.88. The predicted octanol–water partition coefficient (Wildman–Crippen LogP) is 2.68. The molecule has 2 N–H and O–H groups in total. The summed E-state index contributed by atoms with van der Waals surface area (Å²) in [6.07, 6.45) is 6.51. The monoisotopic (exact) mass is 226 g/mol. The molecule has 0 unspecified atom stereocenters. The molecular formula is C13H14N4. The van der Waals surface area contributed by atoms with Gasteiger partial charge in [0.15, 0.2) is 0 Å². The average molecular weight is 226 g/mol. The smallest absolute Gasteiger partial charge is 0.0924 e. The highest BCUT2D eigenvalue weighted by molar-refractivity contribution is 5.78. The quantitative estimate of drug-likeness (QED) is 0.468. The van der Waals surface area contributed by atoms with Crippen LogP contribution in [0.25, 0.3) is 11.3 Å². The third-order valence-corrected chi connectivity index (χ3v) is 2.49. The maximum Gasteiger partial charge on any atom is 0.0924 e. The van der Waals surface area contributed by atoms with Crippen LogP contribution in [0.3, 0.4) is 0 Å². The van der Waals surface area contributed by atoms with Gasteiger partial charge in [-0.3, -0.25) is 5.41 Å². The standard InChI is InChI=1S/C13H14N4/c1-2-7-17(9-14)12-5-3-11(4-6-12)13-8-15-10-16-13/h2-6,8-10,14H,1,7H2,(H,15,16). The lowest BCUT2D eigenvalue weighted by Gasteiger charge is -2.16. The topological polar surface area (TPSA) is 55.8 Å². The van der Waals surface area contributed by atoms with E-state index in [9.17, 15) is 0 Å². The van der Waals surface area contributed by atoms with Crippen molar-refractivity contribution in [3.05, 3.63) is 49.4 Å². The summed E-state index contributed by atoms with van der Waals surface area (Å²) in [5.74, 6) is 0. The molecule has 0 radical (unpaired) electrons. The number of aromatic amines is 1. The van der Waals surface area contributed by atoms with Crippen LogP contribution < -0.4 is 4.90 Å². The second-order valence-corrected chi connectivity index (χ2v) is 3.58. The zero-order chi connectivity index (χ0) is 12.1. The van der Waals surface area contributed by atoms with Crippen molar-refractivity contribution in [1.29, 1.82) is 5.41 Å². The summed E-state index contributed by atoms with van der Waals surface area (Å²) in [6.45, 7) is 4.31. The Balaban J connectivity index is 2.23. The van der Waals surface area contributed by atoms with E-state index in [2.05, 4.69) is 16.5 Å². The number of hydrogen-bond donors (Lipinski definition) is 2. The summed E-state index contributed by atoms with van der Waals surface area (Å²) >= 11 is 0. The highest BCUT2D eigenvalue weighted by atomic mass is 15.1. The molecule has 0 aliphatic carbocycles. The molecule has 86 valence electrons. The highest BCUT2D eigenvalue weighted by Crippen LogP contribution is 2.20. The lowest BCUT2D eigenvalue weighted by atomic mass is 10.1. The number of hydrogen-bond acceptors (Lipinski definition) is 2. The van der Waals surface area contributed by atoms with Gasteiger partial charge in [-0.15, -0.1) is 6.58 Å². The number of rotatable bonds is 5. The van der Waals surface area contributed by atoms with Gasteiger partial charge in [-0.2, -0.15) is 0 Å². The summed E-state index contributed by atoms with van der Waals surface area (Å²) in [4.78, 5) is 8.85. The molecule has 0 fully saturated rings. The summed E-state index contributed by atoms with van der Waals surface area (Å²) < 4.78 is 0. The van der Waals surface area contributed by atoms with E-state index in [1.807, 2.05) is 29.2 Å². The largest absolute Gasteiger partial charge is 0.345 e. The van der Waals surface area contributed by atoms with Crippen LogP contribution in [-0.4, -0.2) is 22.9 Å². The first-order valence-electron chi connectivity index (χ1n) is 5.32. The first kappa shape index (κ1) is 11.1. The van der Waals surface area contributed by atoms with E-state index in [0.29, 0.717) is 6.54 Å². The third kappa shape index (κ3) is 2.42. The lowest BCUT2D eigenvalue weighted by Crippen LogP contribution is -2.20. The number of benzene rings is 1. The van der Waals surface area contributed by atoms with Gasteiger partial charge in [0.05, 0.1) is 24.6 Å².